The van der Waals surface area contributed by atoms with Crippen molar-refractivity contribution in [2.24, 2.45) is 0 Å². The van der Waals surface area contributed by atoms with Crippen molar-refractivity contribution in [1.29, 1.82) is 0 Å². The summed E-state index contributed by atoms with van der Waals surface area (Å²) < 4.78 is 7.52. The number of benzene rings is 2. The average molecular weight is 446 g/mol. The minimum Gasteiger partial charge on any atom is -0.484 e. The van der Waals surface area contributed by atoms with Crippen molar-refractivity contribution in [3.05, 3.63) is 56.1 Å². The van der Waals surface area contributed by atoms with E-state index in [-0.39, 0.29) is 12.5 Å². The number of carbonyl (C=O) groups excluding carboxylic acids is 1. The van der Waals surface area contributed by atoms with Crippen LogP contribution in [0.3, 0.4) is 0 Å². The summed E-state index contributed by atoms with van der Waals surface area (Å²) in [4.78, 5) is 11.9. The van der Waals surface area contributed by atoms with E-state index in [0.29, 0.717) is 5.75 Å². The highest BCUT2D eigenvalue weighted by Gasteiger charge is 2.06. The molecule has 0 saturated carbocycles. The monoisotopic (exact) mass is 445 g/mol. The first kappa shape index (κ1) is 15.3. The zero-order valence-corrected chi connectivity index (χ0v) is 14.6. The third-order valence-electron chi connectivity index (χ3n) is 2.63. The van der Waals surface area contributed by atoms with Gasteiger partial charge in [0.2, 0.25) is 0 Å². The molecule has 0 spiro atoms. The molecule has 20 heavy (non-hydrogen) atoms. The number of halogens is 2. The number of carbonyl (C=O) groups is 1. The number of ether oxygens (including phenoxy) is 1. The van der Waals surface area contributed by atoms with E-state index in [1.54, 1.807) is 0 Å². The van der Waals surface area contributed by atoms with Gasteiger partial charge in [0.05, 0.1) is 0 Å². The second-order valence-electron chi connectivity index (χ2n) is 4.25. The van der Waals surface area contributed by atoms with Gasteiger partial charge in [0.15, 0.2) is 6.61 Å². The van der Waals surface area contributed by atoms with E-state index < -0.39 is 0 Å². The Morgan fingerprint density at radius 2 is 2.10 bits per heavy atom. The number of anilines is 1. The second kappa shape index (κ2) is 7.08. The van der Waals surface area contributed by atoms with E-state index in [1.807, 2.05) is 49.4 Å². The molecule has 0 radical (unpaired) electrons. The van der Waals surface area contributed by atoms with E-state index in [9.17, 15) is 4.79 Å². The molecule has 0 saturated heterocycles. The Kier molecular flexibility index (Phi) is 5.42. The molecular formula is C15H13BrINO2. The van der Waals surface area contributed by atoms with Crippen molar-refractivity contribution in [2.75, 3.05) is 11.9 Å². The molecule has 5 heteroatoms. The largest absolute Gasteiger partial charge is 0.484 e. The van der Waals surface area contributed by atoms with Gasteiger partial charge in [0.1, 0.15) is 5.75 Å². The second-order valence-corrected chi connectivity index (χ2v) is 6.41. The van der Waals surface area contributed by atoms with Crippen LogP contribution in [-0.4, -0.2) is 12.5 Å². The Hall–Kier alpha value is -1.08. The first-order valence-electron chi connectivity index (χ1n) is 5.99. The zero-order valence-electron chi connectivity index (χ0n) is 10.8. The summed E-state index contributed by atoms with van der Waals surface area (Å²) in [5.41, 5.74) is 1.80. The van der Waals surface area contributed by atoms with Crippen LogP contribution in [0.25, 0.3) is 0 Å². The molecule has 3 nitrogen and oxygen atoms in total. The molecule has 0 aliphatic carbocycles. The first-order chi connectivity index (χ1) is 9.54. The molecule has 2 aromatic rings. The van der Waals surface area contributed by atoms with Crippen LogP contribution in [0.4, 0.5) is 5.69 Å². The summed E-state index contributed by atoms with van der Waals surface area (Å²) in [7, 11) is 0. The molecule has 0 fully saturated rings. The van der Waals surface area contributed by atoms with Crippen molar-refractivity contribution in [3.8, 4) is 5.75 Å². The predicted octanol–water partition coefficient (Wildman–Crippen LogP) is 4.38. The summed E-state index contributed by atoms with van der Waals surface area (Å²) in [5, 5.41) is 2.84. The molecule has 0 heterocycles. The van der Waals surface area contributed by atoms with Crippen molar-refractivity contribution >= 4 is 50.1 Å². The highest BCUT2D eigenvalue weighted by atomic mass is 127. The SMILES string of the molecule is Cc1cc(Br)ccc1NC(=O)COc1cccc(I)c1. The average Bonchev–Trinajstić information content (AvgIpc) is 2.40. The lowest BCUT2D eigenvalue weighted by Crippen LogP contribution is -2.20. The minimum atomic E-state index is -0.172. The Bertz CT molecular complexity index is 631. The lowest BCUT2D eigenvalue weighted by atomic mass is 10.2. The summed E-state index contributed by atoms with van der Waals surface area (Å²) >= 11 is 5.60. The number of aryl methyl sites for hydroxylation is 1. The number of rotatable bonds is 4. The third kappa shape index (κ3) is 4.49. The zero-order chi connectivity index (χ0) is 14.5. The number of hydrogen-bond acceptors (Lipinski definition) is 2. The van der Waals surface area contributed by atoms with Gasteiger partial charge in [-0.2, -0.15) is 0 Å². The Balaban J connectivity index is 1.92. The molecule has 0 aromatic heterocycles. The molecule has 1 N–H and O–H groups in total. The van der Waals surface area contributed by atoms with Crippen LogP contribution >= 0.6 is 38.5 Å². The molecule has 0 aliphatic heterocycles. The lowest BCUT2D eigenvalue weighted by molar-refractivity contribution is -0.118. The van der Waals surface area contributed by atoms with E-state index in [2.05, 4.69) is 43.8 Å². The van der Waals surface area contributed by atoms with Crippen LogP contribution in [0.15, 0.2) is 46.9 Å². The first-order valence-corrected chi connectivity index (χ1v) is 7.86. The van der Waals surface area contributed by atoms with Gasteiger partial charge in [0, 0.05) is 13.7 Å². The molecular weight excluding hydrogens is 433 g/mol. The number of amides is 1. The van der Waals surface area contributed by atoms with Crippen molar-refractivity contribution in [2.45, 2.75) is 6.92 Å². The van der Waals surface area contributed by atoms with Gasteiger partial charge in [-0.25, -0.2) is 0 Å². The summed E-state index contributed by atoms with van der Waals surface area (Å²) in [6, 6.07) is 13.3. The summed E-state index contributed by atoms with van der Waals surface area (Å²) in [5.74, 6) is 0.522. The molecule has 1 amide bonds. The van der Waals surface area contributed by atoms with Crippen molar-refractivity contribution < 1.29 is 9.53 Å². The fourth-order valence-corrected chi connectivity index (χ4v) is 2.65. The van der Waals surface area contributed by atoms with Crippen LogP contribution < -0.4 is 10.1 Å². The standard InChI is InChI=1S/C15H13BrINO2/c1-10-7-11(16)5-6-14(10)18-15(19)9-20-13-4-2-3-12(17)8-13/h2-8H,9H2,1H3,(H,18,19). The van der Waals surface area contributed by atoms with Crippen LogP contribution in [0, 0.1) is 10.5 Å². The molecule has 104 valence electrons. The molecule has 0 aliphatic rings. The number of nitrogens with one attached hydrogen (secondary N) is 1. The maximum absolute atomic E-state index is 11.9. The van der Waals surface area contributed by atoms with E-state index in [4.69, 9.17) is 4.74 Å². The van der Waals surface area contributed by atoms with Gasteiger partial charge in [0.25, 0.3) is 5.91 Å². The molecule has 0 unspecified atom stereocenters. The quantitative estimate of drug-likeness (QED) is 0.709. The van der Waals surface area contributed by atoms with Gasteiger partial charge in [-0.3, -0.25) is 4.79 Å². The third-order valence-corrected chi connectivity index (χ3v) is 3.79. The molecule has 0 bridgehead atoms. The van der Waals surface area contributed by atoms with Crippen LogP contribution in [0.1, 0.15) is 5.56 Å². The Morgan fingerprint density at radius 1 is 1.30 bits per heavy atom. The Labute approximate surface area is 140 Å². The van der Waals surface area contributed by atoms with Crippen molar-refractivity contribution in [3.63, 3.8) is 0 Å². The Morgan fingerprint density at radius 3 is 2.80 bits per heavy atom. The molecule has 2 rings (SSSR count). The lowest BCUT2D eigenvalue weighted by Gasteiger charge is -2.10. The predicted molar refractivity (Wildman–Crippen MR) is 92.2 cm³/mol. The van der Waals surface area contributed by atoms with Gasteiger partial charge in [-0.05, 0) is 71.5 Å². The molecule has 0 atom stereocenters. The fraction of sp³-hybridized carbons (Fsp3) is 0.133. The molecule has 2 aromatic carbocycles. The van der Waals surface area contributed by atoms with E-state index in [0.717, 1.165) is 19.3 Å². The highest BCUT2D eigenvalue weighted by Crippen LogP contribution is 2.20. The van der Waals surface area contributed by atoms with Gasteiger partial charge in [-0.1, -0.05) is 22.0 Å². The maximum Gasteiger partial charge on any atom is 0.262 e. The topological polar surface area (TPSA) is 38.3 Å². The maximum atomic E-state index is 11.9. The fourth-order valence-electron chi connectivity index (χ4n) is 1.66. The van der Waals surface area contributed by atoms with Crippen LogP contribution in [-0.2, 0) is 4.79 Å². The van der Waals surface area contributed by atoms with Crippen LogP contribution in [0.2, 0.25) is 0 Å². The van der Waals surface area contributed by atoms with Crippen molar-refractivity contribution in [1.82, 2.24) is 0 Å². The van der Waals surface area contributed by atoms with E-state index in [1.165, 1.54) is 0 Å². The normalized spacial score (nSPS) is 10.2. The summed E-state index contributed by atoms with van der Waals surface area (Å²) in [6.07, 6.45) is 0. The number of hydrogen-bond donors (Lipinski definition) is 1. The summed E-state index contributed by atoms with van der Waals surface area (Å²) in [6.45, 7) is 1.94. The van der Waals surface area contributed by atoms with E-state index >= 15 is 0 Å². The minimum absolute atomic E-state index is 0.00437. The van der Waals surface area contributed by atoms with Gasteiger partial charge < -0.3 is 10.1 Å². The van der Waals surface area contributed by atoms with Crippen LogP contribution in [0.5, 0.6) is 5.75 Å². The highest BCUT2D eigenvalue weighted by molar-refractivity contribution is 14.1. The van der Waals surface area contributed by atoms with Gasteiger partial charge in [-0.15, -0.1) is 0 Å². The van der Waals surface area contributed by atoms with Gasteiger partial charge >= 0.3 is 0 Å². The smallest absolute Gasteiger partial charge is 0.262 e.